The van der Waals surface area contributed by atoms with Crippen molar-refractivity contribution in [3.05, 3.63) is 24.3 Å². The molecule has 1 fully saturated rings. The summed E-state index contributed by atoms with van der Waals surface area (Å²) in [5.74, 6) is 2.44. The van der Waals surface area contributed by atoms with Crippen molar-refractivity contribution in [1.29, 1.82) is 0 Å². The Labute approximate surface area is 191 Å². The SMILES string of the molecule is CCNC(=NCCCOc1cccc(OC)c1)N1CCC(C(=O)OCC)CC1.I. The first kappa shape index (κ1) is 25.3. The number of ether oxygens (including phenoxy) is 3. The van der Waals surface area contributed by atoms with E-state index in [2.05, 4.69) is 17.1 Å². The molecule has 29 heavy (non-hydrogen) atoms. The van der Waals surface area contributed by atoms with Crippen molar-refractivity contribution in [3.8, 4) is 11.5 Å². The molecule has 0 unspecified atom stereocenters. The van der Waals surface area contributed by atoms with E-state index in [1.807, 2.05) is 31.2 Å². The lowest BCUT2D eigenvalue weighted by molar-refractivity contribution is -0.149. The predicted octanol–water partition coefficient (Wildman–Crippen LogP) is 3.32. The fourth-order valence-electron chi connectivity index (χ4n) is 3.14. The highest BCUT2D eigenvalue weighted by Crippen LogP contribution is 2.20. The summed E-state index contributed by atoms with van der Waals surface area (Å²) in [7, 11) is 1.64. The Hall–Kier alpha value is -1.71. The number of guanidine groups is 1. The van der Waals surface area contributed by atoms with Gasteiger partial charge in [0, 0.05) is 38.7 Å². The smallest absolute Gasteiger partial charge is 0.309 e. The van der Waals surface area contributed by atoms with E-state index in [0.29, 0.717) is 19.8 Å². The van der Waals surface area contributed by atoms with E-state index in [4.69, 9.17) is 19.2 Å². The second-order valence-corrected chi connectivity index (χ2v) is 6.63. The minimum Gasteiger partial charge on any atom is -0.497 e. The third kappa shape index (κ3) is 8.67. The number of nitrogens with one attached hydrogen (secondary N) is 1. The summed E-state index contributed by atoms with van der Waals surface area (Å²) in [5.41, 5.74) is 0. The van der Waals surface area contributed by atoms with E-state index in [9.17, 15) is 4.79 Å². The molecule has 0 bridgehead atoms. The van der Waals surface area contributed by atoms with Gasteiger partial charge in [-0.05, 0) is 38.8 Å². The molecular formula is C21H34IN3O4. The Kier molecular flexibility index (Phi) is 12.5. The van der Waals surface area contributed by atoms with Crippen LogP contribution in [0.1, 0.15) is 33.1 Å². The Morgan fingerprint density at radius 1 is 1.24 bits per heavy atom. The van der Waals surface area contributed by atoms with Crippen molar-refractivity contribution in [3.63, 3.8) is 0 Å². The van der Waals surface area contributed by atoms with Gasteiger partial charge in [0.25, 0.3) is 0 Å². The van der Waals surface area contributed by atoms with E-state index < -0.39 is 0 Å². The molecule has 0 spiro atoms. The topological polar surface area (TPSA) is 72.4 Å². The van der Waals surface area contributed by atoms with E-state index in [-0.39, 0.29) is 35.9 Å². The quantitative estimate of drug-likeness (QED) is 0.178. The standard InChI is InChI=1S/C21H33N3O4.HI/c1-4-22-21(24-13-10-17(11-14-24)20(25)27-5-2)23-12-7-15-28-19-9-6-8-18(16-19)26-3;/h6,8-9,16-17H,4-5,7,10-15H2,1-3H3,(H,22,23);1H. The summed E-state index contributed by atoms with van der Waals surface area (Å²) in [6, 6.07) is 7.60. The van der Waals surface area contributed by atoms with Gasteiger partial charge in [-0.2, -0.15) is 0 Å². The van der Waals surface area contributed by atoms with Gasteiger partial charge >= 0.3 is 5.97 Å². The van der Waals surface area contributed by atoms with Gasteiger partial charge in [-0.15, -0.1) is 24.0 Å². The number of hydrogen-bond acceptors (Lipinski definition) is 5. The number of piperidine rings is 1. The lowest BCUT2D eigenvalue weighted by Gasteiger charge is -2.33. The fraction of sp³-hybridized carbons (Fsp3) is 0.619. The summed E-state index contributed by atoms with van der Waals surface area (Å²) in [6.07, 6.45) is 2.44. The van der Waals surface area contributed by atoms with Gasteiger partial charge in [-0.25, -0.2) is 0 Å². The molecule has 7 nitrogen and oxygen atoms in total. The molecular weight excluding hydrogens is 485 g/mol. The first-order chi connectivity index (χ1) is 13.7. The van der Waals surface area contributed by atoms with Crippen LogP contribution < -0.4 is 14.8 Å². The van der Waals surface area contributed by atoms with Crippen molar-refractivity contribution in [2.45, 2.75) is 33.1 Å². The van der Waals surface area contributed by atoms with Crippen LogP contribution in [0.4, 0.5) is 0 Å². The minimum absolute atomic E-state index is 0. The van der Waals surface area contributed by atoms with Crippen LogP contribution in [0.25, 0.3) is 0 Å². The number of halogens is 1. The maximum Gasteiger partial charge on any atom is 0.309 e. The normalized spacial score (nSPS) is 14.7. The lowest BCUT2D eigenvalue weighted by Crippen LogP contribution is -2.46. The molecule has 0 aromatic heterocycles. The first-order valence-electron chi connectivity index (χ1n) is 10.1. The predicted molar refractivity (Wildman–Crippen MR) is 125 cm³/mol. The molecule has 0 amide bonds. The molecule has 1 aromatic rings. The first-order valence-corrected chi connectivity index (χ1v) is 10.1. The highest BCUT2D eigenvalue weighted by Gasteiger charge is 2.27. The van der Waals surface area contributed by atoms with Crippen molar-refractivity contribution in [1.82, 2.24) is 10.2 Å². The number of nitrogens with zero attached hydrogens (tertiary/aromatic N) is 2. The van der Waals surface area contributed by atoms with Gasteiger partial charge in [-0.1, -0.05) is 6.07 Å². The summed E-state index contributed by atoms with van der Waals surface area (Å²) in [4.78, 5) is 18.8. The van der Waals surface area contributed by atoms with Crippen molar-refractivity contribution in [2.24, 2.45) is 10.9 Å². The zero-order valence-corrected chi connectivity index (χ0v) is 20.0. The van der Waals surface area contributed by atoms with Crippen LogP contribution in [0.2, 0.25) is 0 Å². The van der Waals surface area contributed by atoms with Gasteiger partial charge in [0.1, 0.15) is 11.5 Å². The van der Waals surface area contributed by atoms with Crippen molar-refractivity contribution < 1.29 is 19.0 Å². The number of benzene rings is 1. The zero-order chi connectivity index (χ0) is 20.2. The average Bonchev–Trinajstić information content (AvgIpc) is 2.73. The summed E-state index contributed by atoms with van der Waals surface area (Å²) < 4.78 is 16.1. The molecule has 0 radical (unpaired) electrons. The molecule has 1 N–H and O–H groups in total. The number of carbonyl (C=O) groups is 1. The largest absolute Gasteiger partial charge is 0.497 e. The molecule has 1 saturated heterocycles. The summed E-state index contributed by atoms with van der Waals surface area (Å²) in [6.45, 7) is 8.09. The van der Waals surface area contributed by atoms with Gasteiger partial charge in [0.2, 0.25) is 0 Å². The van der Waals surface area contributed by atoms with Crippen LogP contribution in [0.3, 0.4) is 0 Å². The number of carbonyl (C=O) groups excluding carboxylic acids is 1. The van der Waals surface area contributed by atoms with Gasteiger partial charge < -0.3 is 24.4 Å². The monoisotopic (exact) mass is 519 g/mol. The molecule has 1 heterocycles. The van der Waals surface area contributed by atoms with Crippen molar-refractivity contribution in [2.75, 3.05) is 46.5 Å². The lowest BCUT2D eigenvalue weighted by atomic mass is 9.97. The zero-order valence-electron chi connectivity index (χ0n) is 17.7. The van der Waals surface area contributed by atoms with Gasteiger partial charge in [-0.3, -0.25) is 9.79 Å². The molecule has 1 aliphatic heterocycles. The highest BCUT2D eigenvalue weighted by molar-refractivity contribution is 14.0. The van der Waals surface area contributed by atoms with E-state index in [1.54, 1.807) is 7.11 Å². The van der Waals surface area contributed by atoms with Crippen LogP contribution in [0, 0.1) is 5.92 Å². The molecule has 164 valence electrons. The van der Waals surface area contributed by atoms with E-state index >= 15 is 0 Å². The molecule has 2 rings (SSSR count). The third-order valence-electron chi connectivity index (χ3n) is 4.62. The van der Waals surface area contributed by atoms with Gasteiger partial charge in [0.15, 0.2) is 5.96 Å². The number of methoxy groups -OCH3 is 1. The Bertz CT molecular complexity index is 634. The molecule has 1 aromatic carbocycles. The second-order valence-electron chi connectivity index (χ2n) is 6.63. The molecule has 0 aliphatic carbocycles. The maximum atomic E-state index is 11.9. The number of hydrogen-bond donors (Lipinski definition) is 1. The average molecular weight is 519 g/mol. The summed E-state index contributed by atoms with van der Waals surface area (Å²) >= 11 is 0. The molecule has 1 aliphatic rings. The van der Waals surface area contributed by atoms with Crippen LogP contribution in [0.5, 0.6) is 11.5 Å². The van der Waals surface area contributed by atoms with Crippen molar-refractivity contribution >= 4 is 35.9 Å². The number of likely N-dealkylation sites (tertiary alicyclic amines) is 1. The second kappa shape index (κ2) is 14.3. The number of esters is 1. The van der Waals surface area contributed by atoms with Crippen LogP contribution in [0.15, 0.2) is 29.3 Å². The Morgan fingerprint density at radius 3 is 2.62 bits per heavy atom. The summed E-state index contributed by atoms with van der Waals surface area (Å²) in [5, 5.41) is 3.35. The van der Waals surface area contributed by atoms with E-state index in [0.717, 1.165) is 56.4 Å². The molecule has 8 heteroatoms. The number of aliphatic imine (C=N–C) groups is 1. The van der Waals surface area contributed by atoms with Crippen LogP contribution >= 0.6 is 24.0 Å². The fourth-order valence-corrected chi connectivity index (χ4v) is 3.14. The van der Waals surface area contributed by atoms with Crippen LogP contribution in [-0.4, -0.2) is 63.3 Å². The molecule has 0 atom stereocenters. The van der Waals surface area contributed by atoms with E-state index in [1.165, 1.54) is 0 Å². The Balaban J connectivity index is 0.00000420. The third-order valence-corrected chi connectivity index (χ3v) is 4.62. The maximum absolute atomic E-state index is 11.9. The minimum atomic E-state index is -0.0706. The highest BCUT2D eigenvalue weighted by atomic mass is 127. The van der Waals surface area contributed by atoms with Gasteiger partial charge in [0.05, 0.1) is 26.2 Å². The molecule has 0 saturated carbocycles. The number of rotatable bonds is 9. The Morgan fingerprint density at radius 2 is 1.97 bits per heavy atom. The van der Waals surface area contributed by atoms with Crippen LogP contribution in [-0.2, 0) is 9.53 Å².